The third-order valence-corrected chi connectivity index (χ3v) is 6.19. The lowest BCUT2D eigenvalue weighted by Crippen LogP contribution is -2.36. The number of amides is 1. The van der Waals surface area contributed by atoms with Gasteiger partial charge >= 0.3 is 0 Å². The number of thiophene rings is 1. The molecule has 3 aromatic rings. The van der Waals surface area contributed by atoms with E-state index in [4.69, 9.17) is 15.5 Å². The van der Waals surface area contributed by atoms with Gasteiger partial charge in [-0.05, 0) is 43.5 Å². The fourth-order valence-corrected chi connectivity index (χ4v) is 4.83. The molecule has 1 unspecified atom stereocenters. The van der Waals surface area contributed by atoms with E-state index in [2.05, 4.69) is 0 Å². The van der Waals surface area contributed by atoms with Crippen molar-refractivity contribution in [2.45, 2.75) is 53.0 Å². The molecule has 1 amide bonds. The average molecular weight is 414 g/mol. The van der Waals surface area contributed by atoms with Gasteiger partial charge in [0.25, 0.3) is 5.56 Å². The number of aromatic nitrogens is 2. The Labute approximate surface area is 174 Å². The molecular weight excluding hydrogens is 386 g/mol. The maximum Gasteiger partial charge on any atom is 0.263 e. The number of primary amides is 1. The average Bonchev–Trinajstić information content (AvgIpc) is 2.99. The van der Waals surface area contributed by atoms with Gasteiger partial charge < -0.3 is 10.5 Å². The van der Waals surface area contributed by atoms with Gasteiger partial charge in [-0.3, -0.25) is 14.2 Å². The van der Waals surface area contributed by atoms with E-state index < -0.39 is 11.9 Å². The van der Waals surface area contributed by atoms with Crippen molar-refractivity contribution in [2.24, 2.45) is 5.73 Å². The molecule has 0 aliphatic heterocycles. The van der Waals surface area contributed by atoms with Crippen molar-refractivity contribution in [1.29, 1.82) is 0 Å². The minimum Gasteiger partial charge on any atom is -0.496 e. The Hall–Kier alpha value is -2.67. The number of hydrogen-bond acceptors (Lipinski definition) is 5. The Bertz CT molecular complexity index is 1140. The van der Waals surface area contributed by atoms with Gasteiger partial charge in [0.15, 0.2) is 0 Å². The van der Waals surface area contributed by atoms with Gasteiger partial charge in [0, 0.05) is 16.4 Å². The number of nitrogens with two attached hydrogens (primary N) is 1. The van der Waals surface area contributed by atoms with Crippen LogP contribution in [0, 0.1) is 13.8 Å². The predicted octanol–water partition coefficient (Wildman–Crippen LogP) is 4.31. The first-order valence-electron chi connectivity index (χ1n) is 9.71. The standard InChI is InChI=1S/C22H27N3O3S/c1-7-15(19(23)26)25-20(11(2)3)24-21-18(22(25)27)17(13(5)29-21)14-8-9-16(28-6)12(4)10-14/h8-11,15H,7H2,1-6H3,(H2,23,26). The largest absolute Gasteiger partial charge is 0.496 e. The Kier molecular flexibility index (Phi) is 5.80. The van der Waals surface area contributed by atoms with Crippen LogP contribution in [0.3, 0.4) is 0 Å². The van der Waals surface area contributed by atoms with Crippen molar-refractivity contribution in [1.82, 2.24) is 9.55 Å². The van der Waals surface area contributed by atoms with Crippen LogP contribution >= 0.6 is 11.3 Å². The summed E-state index contributed by atoms with van der Waals surface area (Å²) >= 11 is 1.50. The molecule has 1 atom stereocenters. The Morgan fingerprint density at radius 2 is 2.00 bits per heavy atom. The number of nitrogens with zero attached hydrogens (tertiary/aromatic N) is 2. The second kappa shape index (κ2) is 7.99. The molecule has 0 fully saturated rings. The summed E-state index contributed by atoms with van der Waals surface area (Å²) in [7, 11) is 1.64. The van der Waals surface area contributed by atoms with Gasteiger partial charge in [-0.2, -0.15) is 0 Å². The lowest BCUT2D eigenvalue weighted by atomic mass is 10.0. The smallest absolute Gasteiger partial charge is 0.263 e. The summed E-state index contributed by atoms with van der Waals surface area (Å²) in [5, 5.41) is 0.543. The first kappa shape index (κ1) is 21.0. The van der Waals surface area contributed by atoms with E-state index >= 15 is 0 Å². The lowest BCUT2D eigenvalue weighted by molar-refractivity contribution is -0.121. The zero-order chi connectivity index (χ0) is 21.5. The summed E-state index contributed by atoms with van der Waals surface area (Å²) < 4.78 is 6.87. The summed E-state index contributed by atoms with van der Waals surface area (Å²) in [5.41, 5.74) is 8.19. The number of aryl methyl sites for hydroxylation is 2. The Morgan fingerprint density at radius 3 is 2.52 bits per heavy atom. The van der Waals surface area contributed by atoms with E-state index in [1.807, 2.05) is 52.8 Å². The van der Waals surface area contributed by atoms with E-state index in [1.54, 1.807) is 7.11 Å². The molecule has 154 valence electrons. The van der Waals surface area contributed by atoms with E-state index in [0.717, 1.165) is 27.3 Å². The molecule has 6 nitrogen and oxygen atoms in total. The monoisotopic (exact) mass is 413 g/mol. The van der Waals surface area contributed by atoms with Crippen LogP contribution in [0.5, 0.6) is 5.75 Å². The fraction of sp³-hybridized carbons (Fsp3) is 0.409. The topological polar surface area (TPSA) is 87.2 Å². The van der Waals surface area contributed by atoms with Crippen molar-refractivity contribution in [3.8, 4) is 16.9 Å². The van der Waals surface area contributed by atoms with Gasteiger partial charge in [-0.1, -0.05) is 26.8 Å². The minimum atomic E-state index is -0.720. The molecule has 1 aromatic carbocycles. The summed E-state index contributed by atoms with van der Waals surface area (Å²) in [6, 6.07) is 5.15. The lowest BCUT2D eigenvalue weighted by Gasteiger charge is -2.21. The highest BCUT2D eigenvalue weighted by Gasteiger charge is 2.26. The quantitative estimate of drug-likeness (QED) is 0.652. The third kappa shape index (κ3) is 3.55. The van der Waals surface area contributed by atoms with Crippen LogP contribution in [0.4, 0.5) is 0 Å². The second-order valence-electron chi connectivity index (χ2n) is 7.52. The van der Waals surface area contributed by atoms with Gasteiger partial charge in [-0.15, -0.1) is 11.3 Å². The predicted molar refractivity (Wildman–Crippen MR) is 118 cm³/mol. The molecule has 0 aliphatic rings. The molecule has 0 bridgehead atoms. The van der Waals surface area contributed by atoms with Crippen molar-refractivity contribution in [3.05, 3.63) is 44.8 Å². The fourth-order valence-electron chi connectivity index (χ4n) is 3.79. The van der Waals surface area contributed by atoms with Gasteiger partial charge in [0.1, 0.15) is 22.4 Å². The highest BCUT2D eigenvalue weighted by atomic mass is 32.1. The van der Waals surface area contributed by atoms with Crippen LogP contribution in [0.25, 0.3) is 21.3 Å². The van der Waals surface area contributed by atoms with Crippen molar-refractivity contribution in [2.75, 3.05) is 7.11 Å². The molecule has 2 aromatic heterocycles. The minimum absolute atomic E-state index is 0.0189. The number of methoxy groups -OCH3 is 1. The first-order valence-corrected chi connectivity index (χ1v) is 10.5. The van der Waals surface area contributed by atoms with Crippen LogP contribution in [-0.4, -0.2) is 22.6 Å². The normalized spacial score (nSPS) is 12.5. The van der Waals surface area contributed by atoms with Crippen LogP contribution in [0.1, 0.15) is 55.4 Å². The molecule has 0 spiro atoms. The second-order valence-corrected chi connectivity index (χ2v) is 8.73. The van der Waals surface area contributed by atoms with Crippen molar-refractivity contribution in [3.63, 3.8) is 0 Å². The zero-order valence-electron chi connectivity index (χ0n) is 17.7. The van der Waals surface area contributed by atoms with Crippen molar-refractivity contribution < 1.29 is 9.53 Å². The Morgan fingerprint density at radius 1 is 1.31 bits per heavy atom. The number of benzene rings is 1. The maximum atomic E-state index is 13.7. The number of fused-ring (bicyclic) bond motifs is 1. The molecule has 7 heteroatoms. The highest BCUT2D eigenvalue weighted by molar-refractivity contribution is 7.19. The number of hydrogen-bond donors (Lipinski definition) is 1. The Balaban J connectivity index is 2.40. The van der Waals surface area contributed by atoms with Crippen LogP contribution in [0.15, 0.2) is 23.0 Å². The zero-order valence-corrected chi connectivity index (χ0v) is 18.5. The molecule has 3 rings (SSSR count). The van der Waals surface area contributed by atoms with Gasteiger partial charge in [0.05, 0.1) is 12.5 Å². The SMILES string of the molecule is CCC(C(N)=O)n1c(C(C)C)nc2sc(C)c(-c3ccc(OC)c(C)c3)c2c1=O. The number of ether oxygens (including phenoxy) is 1. The maximum absolute atomic E-state index is 13.7. The van der Waals surface area contributed by atoms with Gasteiger partial charge in [-0.25, -0.2) is 4.98 Å². The van der Waals surface area contributed by atoms with Crippen LogP contribution in [-0.2, 0) is 4.79 Å². The third-order valence-electron chi connectivity index (χ3n) is 5.19. The molecular formula is C22H27N3O3S. The number of rotatable bonds is 6. The molecule has 0 radical (unpaired) electrons. The summed E-state index contributed by atoms with van der Waals surface area (Å²) in [5.74, 6) is 0.844. The molecule has 0 saturated carbocycles. The molecule has 2 N–H and O–H groups in total. The number of carbonyl (C=O) groups excluding carboxylic acids is 1. The highest BCUT2D eigenvalue weighted by Crippen LogP contribution is 2.38. The van der Waals surface area contributed by atoms with Crippen molar-refractivity contribution >= 4 is 27.5 Å². The van der Waals surface area contributed by atoms with E-state index in [0.29, 0.717) is 22.5 Å². The van der Waals surface area contributed by atoms with Gasteiger partial charge in [0.2, 0.25) is 5.91 Å². The van der Waals surface area contributed by atoms with Crippen LogP contribution < -0.4 is 16.0 Å². The molecule has 29 heavy (non-hydrogen) atoms. The summed E-state index contributed by atoms with van der Waals surface area (Å²) in [6.07, 6.45) is 0.433. The van der Waals surface area contributed by atoms with E-state index in [1.165, 1.54) is 15.9 Å². The summed E-state index contributed by atoms with van der Waals surface area (Å²) in [6.45, 7) is 9.74. The van der Waals surface area contributed by atoms with E-state index in [9.17, 15) is 9.59 Å². The number of carbonyl (C=O) groups is 1. The molecule has 0 aliphatic carbocycles. The molecule has 0 saturated heterocycles. The van der Waals surface area contributed by atoms with E-state index in [-0.39, 0.29) is 11.5 Å². The van der Waals surface area contributed by atoms with Crippen LogP contribution in [0.2, 0.25) is 0 Å². The summed E-state index contributed by atoms with van der Waals surface area (Å²) in [4.78, 5) is 32.3. The molecule has 2 heterocycles. The first-order chi connectivity index (χ1) is 13.7.